The molecular formula is C24H25N3O2. The number of hydrogen-bond acceptors (Lipinski definition) is 4. The molecule has 2 aromatic carbocycles. The lowest BCUT2D eigenvalue weighted by atomic mass is 10.0. The molecule has 0 heterocycles. The largest absolute Gasteiger partial charge is 0.497 e. The molecule has 0 unspecified atom stereocenters. The van der Waals surface area contributed by atoms with Crippen LogP contribution in [0.5, 0.6) is 5.75 Å². The number of carbonyl (C=O) groups is 1. The number of allylic oxidation sites excluding steroid dienone is 2. The van der Waals surface area contributed by atoms with Crippen molar-refractivity contribution in [1.82, 2.24) is 0 Å². The third-order valence-corrected chi connectivity index (χ3v) is 4.09. The SMILES string of the molecule is CCNc1cc(OC)ccc1/C(C#N)=C/C#Cc1cccc(NC(=O)C(C)C)c1. The van der Waals surface area contributed by atoms with E-state index in [9.17, 15) is 10.1 Å². The van der Waals surface area contributed by atoms with E-state index in [0.29, 0.717) is 17.0 Å². The Labute approximate surface area is 172 Å². The summed E-state index contributed by atoms with van der Waals surface area (Å²) in [7, 11) is 1.61. The Morgan fingerprint density at radius 1 is 1.24 bits per heavy atom. The van der Waals surface area contributed by atoms with Gasteiger partial charge in [-0.25, -0.2) is 0 Å². The molecule has 0 atom stereocenters. The van der Waals surface area contributed by atoms with E-state index in [1.807, 2.05) is 63.2 Å². The molecule has 0 fully saturated rings. The minimum Gasteiger partial charge on any atom is -0.497 e. The number of nitrogens with one attached hydrogen (secondary N) is 2. The van der Waals surface area contributed by atoms with E-state index in [2.05, 4.69) is 28.5 Å². The third kappa shape index (κ3) is 6.16. The van der Waals surface area contributed by atoms with Crippen LogP contribution in [0.2, 0.25) is 0 Å². The second kappa shape index (κ2) is 10.6. The van der Waals surface area contributed by atoms with Crippen molar-refractivity contribution in [2.24, 2.45) is 5.92 Å². The first-order chi connectivity index (χ1) is 14.0. The molecule has 0 aromatic heterocycles. The van der Waals surface area contributed by atoms with Gasteiger partial charge in [-0.3, -0.25) is 4.79 Å². The fourth-order valence-corrected chi connectivity index (χ4v) is 2.55. The van der Waals surface area contributed by atoms with Gasteiger partial charge in [-0.2, -0.15) is 5.26 Å². The zero-order valence-electron chi connectivity index (χ0n) is 17.2. The molecule has 0 spiro atoms. The molecule has 2 N–H and O–H groups in total. The fraction of sp³-hybridized carbons (Fsp3) is 0.250. The number of rotatable bonds is 6. The molecular weight excluding hydrogens is 362 g/mol. The first kappa shape index (κ1) is 21.6. The molecule has 5 nitrogen and oxygen atoms in total. The number of methoxy groups -OCH3 is 1. The Bertz CT molecular complexity index is 1000. The lowest BCUT2D eigenvalue weighted by molar-refractivity contribution is -0.118. The van der Waals surface area contributed by atoms with Crippen LogP contribution in [0.3, 0.4) is 0 Å². The van der Waals surface area contributed by atoms with Gasteiger partial charge in [-0.1, -0.05) is 31.8 Å². The van der Waals surface area contributed by atoms with Crippen LogP contribution in [0, 0.1) is 29.1 Å². The van der Waals surface area contributed by atoms with Crippen molar-refractivity contribution in [3.8, 4) is 23.7 Å². The summed E-state index contributed by atoms with van der Waals surface area (Å²) in [6.45, 7) is 6.39. The van der Waals surface area contributed by atoms with E-state index in [-0.39, 0.29) is 11.8 Å². The highest BCUT2D eigenvalue weighted by Gasteiger charge is 2.09. The van der Waals surface area contributed by atoms with Crippen LogP contribution in [0.15, 0.2) is 48.5 Å². The number of nitrogens with zero attached hydrogens (tertiary/aromatic N) is 1. The minimum absolute atomic E-state index is 0.0442. The Kier molecular flexibility index (Phi) is 7.88. The number of hydrogen-bond donors (Lipinski definition) is 2. The molecule has 0 aliphatic rings. The summed E-state index contributed by atoms with van der Waals surface area (Å²) >= 11 is 0. The van der Waals surface area contributed by atoms with Gasteiger partial charge in [0.2, 0.25) is 5.91 Å². The number of nitriles is 1. The van der Waals surface area contributed by atoms with Crippen LogP contribution in [0.4, 0.5) is 11.4 Å². The molecule has 0 saturated heterocycles. The Morgan fingerprint density at radius 2 is 2.03 bits per heavy atom. The Hall–Kier alpha value is -3.70. The molecule has 2 aromatic rings. The van der Waals surface area contributed by atoms with Gasteiger partial charge in [0.1, 0.15) is 11.8 Å². The van der Waals surface area contributed by atoms with Gasteiger partial charge in [0.15, 0.2) is 0 Å². The predicted octanol–water partition coefficient (Wildman–Crippen LogP) is 4.68. The number of amides is 1. The number of anilines is 2. The van der Waals surface area contributed by atoms with E-state index in [0.717, 1.165) is 23.4 Å². The van der Waals surface area contributed by atoms with E-state index in [4.69, 9.17) is 4.74 Å². The van der Waals surface area contributed by atoms with Crippen molar-refractivity contribution < 1.29 is 9.53 Å². The van der Waals surface area contributed by atoms with E-state index in [1.54, 1.807) is 13.2 Å². The third-order valence-electron chi connectivity index (χ3n) is 4.09. The maximum Gasteiger partial charge on any atom is 0.226 e. The summed E-state index contributed by atoms with van der Waals surface area (Å²) in [4.78, 5) is 11.8. The highest BCUT2D eigenvalue weighted by molar-refractivity contribution is 5.92. The van der Waals surface area contributed by atoms with Gasteiger partial charge >= 0.3 is 0 Å². The lowest BCUT2D eigenvalue weighted by Crippen LogP contribution is -2.17. The summed E-state index contributed by atoms with van der Waals surface area (Å²) in [5.41, 5.74) is 3.49. The van der Waals surface area contributed by atoms with Crippen molar-refractivity contribution in [1.29, 1.82) is 5.26 Å². The average molecular weight is 387 g/mol. The highest BCUT2D eigenvalue weighted by atomic mass is 16.5. The summed E-state index contributed by atoms with van der Waals surface area (Å²) in [6.07, 6.45) is 1.60. The topological polar surface area (TPSA) is 74.2 Å². The van der Waals surface area contributed by atoms with Crippen molar-refractivity contribution >= 4 is 22.9 Å². The van der Waals surface area contributed by atoms with Crippen LogP contribution in [-0.4, -0.2) is 19.6 Å². The number of carbonyl (C=O) groups excluding carboxylic acids is 1. The number of benzene rings is 2. The summed E-state index contributed by atoms with van der Waals surface area (Å²) in [5.74, 6) is 6.54. The Balaban J connectivity index is 2.29. The van der Waals surface area contributed by atoms with Crippen LogP contribution < -0.4 is 15.4 Å². The predicted molar refractivity (Wildman–Crippen MR) is 118 cm³/mol. The van der Waals surface area contributed by atoms with Crippen molar-refractivity contribution in [2.75, 3.05) is 24.3 Å². The van der Waals surface area contributed by atoms with Gasteiger partial charge in [-0.05, 0) is 37.3 Å². The molecule has 0 bridgehead atoms. The highest BCUT2D eigenvalue weighted by Crippen LogP contribution is 2.28. The molecule has 29 heavy (non-hydrogen) atoms. The van der Waals surface area contributed by atoms with E-state index in [1.165, 1.54) is 0 Å². The summed E-state index contributed by atoms with van der Waals surface area (Å²) < 4.78 is 5.26. The van der Waals surface area contributed by atoms with Crippen LogP contribution in [0.1, 0.15) is 31.9 Å². The standard InChI is InChI=1S/C24H25N3O2/c1-5-26-23-15-21(29-4)12-13-22(23)19(16-25)10-6-8-18-9-7-11-20(14-18)27-24(28)17(2)3/h7,9-15,17,26H,5H2,1-4H3,(H,27,28)/b19-10+. The molecule has 0 aliphatic heterocycles. The van der Waals surface area contributed by atoms with E-state index >= 15 is 0 Å². The van der Waals surface area contributed by atoms with E-state index < -0.39 is 0 Å². The molecule has 0 radical (unpaired) electrons. The van der Waals surface area contributed by atoms with Crippen molar-refractivity contribution in [3.63, 3.8) is 0 Å². The van der Waals surface area contributed by atoms with Gasteiger partial charge in [-0.15, -0.1) is 0 Å². The van der Waals surface area contributed by atoms with Gasteiger partial charge in [0.05, 0.1) is 12.7 Å². The lowest BCUT2D eigenvalue weighted by Gasteiger charge is -2.11. The second-order valence-corrected chi connectivity index (χ2v) is 6.61. The molecule has 148 valence electrons. The summed E-state index contributed by atoms with van der Waals surface area (Å²) in [5, 5.41) is 15.7. The Morgan fingerprint density at radius 3 is 2.69 bits per heavy atom. The van der Waals surface area contributed by atoms with Crippen LogP contribution in [0.25, 0.3) is 5.57 Å². The van der Waals surface area contributed by atoms with Gasteiger partial charge in [0, 0.05) is 47.1 Å². The zero-order chi connectivity index (χ0) is 21.2. The molecule has 0 aliphatic carbocycles. The van der Waals surface area contributed by atoms with Crippen LogP contribution in [-0.2, 0) is 4.79 Å². The minimum atomic E-state index is -0.0960. The molecule has 1 amide bonds. The molecule has 2 rings (SSSR count). The molecule has 0 saturated carbocycles. The maximum absolute atomic E-state index is 11.8. The normalized spacial score (nSPS) is 10.6. The summed E-state index contributed by atoms with van der Waals surface area (Å²) in [6, 6.07) is 15.1. The first-order valence-corrected chi connectivity index (χ1v) is 9.43. The first-order valence-electron chi connectivity index (χ1n) is 9.43. The number of ether oxygens (including phenoxy) is 1. The van der Waals surface area contributed by atoms with Gasteiger partial charge < -0.3 is 15.4 Å². The quantitative estimate of drug-likeness (QED) is 0.557. The van der Waals surface area contributed by atoms with Crippen LogP contribution >= 0.6 is 0 Å². The molecule has 5 heteroatoms. The zero-order valence-corrected chi connectivity index (χ0v) is 17.2. The second-order valence-electron chi connectivity index (χ2n) is 6.61. The fourth-order valence-electron chi connectivity index (χ4n) is 2.55. The van der Waals surface area contributed by atoms with Crippen molar-refractivity contribution in [3.05, 3.63) is 59.7 Å². The monoisotopic (exact) mass is 387 g/mol. The maximum atomic E-state index is 11.8. The smallest absolute Gasteiger partial charge is 0.226 e. The average Bonchev–Trinajstić information content (AvgIpc) is 2.72. The van der Waals surface area contributed by atoms with Gasteiger partial charge in [0.25, 0.3) is 0 Å². The van der Waals surface area contributed by atoms with Crippen molar-refractivity contribution in [2.45, 2.75) is 20.8 Å².